The average molecular weight is 227 g/mol. The van der Waals surface area contributed by atoms with Gasteiger partial charge < -0.3 is 9.47 Å². The summed E-state index contributed by atoms with van der Waals surface area (Å²) in [6.45, 7) is 0.741. The molecule has 0 saturated heterocycles. The van der Waals surface area contributed by atoms with E-state index in [9.17, 15) is 4.79 Å². The summed E-state index contributed by atoms with van der Waals surface area (Å²) >= 11 is 0. The van der Waals surface area contributed by atoms with Crippen molar-refractivity contribution < 1.29 is 4.79 Å². The van der Waals surface area contributed by atoms with Gasteiger partial charge in [-0.25, -0.2) is 4.98 Å². The van der Waals surface area contributed by atoms with Crippen molar-refractivity contribution in [3.8, 4) is 0 Å². The van der Waals surface area contributed by atoms with Crippen molar-refractivity contribution in [1.82, 2.24) is 9.55 Å². The van der Waals surface area contributed by atoms with Gasteiger partial charge in [-0.3, -0.25) is 4.79 Å². The van der Waals surface area contributed by atoms with Crippen LogP contribution in [-0.4, -0.2) is 22.0 Å². The van der Waals surface area contributed by atoms with Gasteiger partial charge in [0.05, 0.1) is 0 Å². The maximum atomic E-state index is 12.3. The molecular formula is C13H13N3O. The van der Waals surface area contributed by atoms with E-state index in [-0.39, 0.29) is 5.91 Å². The van der Waals surface area contributed by atoms with Gasteiger partial charge in [0.25, 0.3) is 5.91 Å². The number of rotatable bonds is 1. The Morgan fingerprint density at radius 2 is 2.18 bits per heavy atom. The zero-order chi connectivity index (χ0) is 11.8. The fraction of sp³-hybridized carbons (Fsp3) is 0.231. The average Bonchev–Trinajstić information content (AvgIpc) is 2.94. The minimum absolute atomic E-state index is 0.0255. The normalized spacial score (nSPS) is 13.8. The molecule has 0 bridgehead atoms. The molecule has 0 N–H and O–H groups in total. The molecule has 2 aromatic rings. The van der Waals surface area contributed by atoms with Crippen LogP contribution < -0.4 is 4.90 Å². The molecule has 3 rings (SSSR count). The van der Waals surface area contributed by atoms with E-state index in [0.717, 1.165) is 18.7 Å². The van der Waals surface area contributed by atoms with Crippen LogP contribution in [0.15, 0.2) is 36.7 Å². The third kappa shape index (κ3) is 1.53. The first-order valence-electron chi connectivity index (χ1n) is 5.64. The van der Waals surface area contributed by atoms with E-state index in [1.807, 2.05) is 25.2 Å². The number of imidazole rings is 1. The minimum atomic E-state index is -0.0255. The van der Waals surface area contributed by atoms with Crippen LogP contribution in [-0.2, 0) is 13.5 Å². The summed E-state index contributed by atoms with van der Waals surface area (Å²) in [4.78, 5) is 18.2. The van der Waals surface area contributed by atoms with E-state index >= 15 is 0 Å². The summed E-state index contributed by atoms with van der Waals surface area (Å²) in [5.41, 5.74) is 2.25. The Morgan fingerprint density at radius 1 is 1.35 bits per heavy atom. The molecule has 0 saturated carbocycles. The number of aryl methyl sites for hydroxylation is 1. The molecule has 0 radical (unpaired) electrons. The van der Waals surface area contributed by atoms with Gasteiger partial charge in [0.1, 0.15) is 0 Å². The fourth-order valence-corrected chi connectivity index (χ4v) is 2.24. The van der Waals surface area contributed by atoms with Gasteiger partial charge in [-0.05, 0) is 18.1 Å². The maximum absolute atomic E-state index is 12.3. The number of carbonyl (C=O) groups is 1. The number of fused-ring (bicyclic) bond motifs is 1. The van der Waals surface area contributed by atoms with E-state index in [4.69, 9.17) is 0 Å². The Morgan fingerprint density at radius 3 is 2.94 bits per heavy atom. The Bertz CT molecular complexity index is 574. The number of aromatic nitrogens is 2. The molecule has 86 valence electrons. The Balaban J connectivity index is 1.98. The van der Waals surface area contributed by atoms with Crippen LogP contribution in [0.2, 0.25) is 0 Å². The van der Waals surface area contributed by atoms with Crippen molar-refractivity contribution in [1.29, 1.82) is 0 Å². The molecule has 1 aromatic heterocycles. The Labute approximate surface area is 99.5 Å². The molecular weight excluding hydrogens is 214 g/mol. The molecule has 1 aromatic carbocycles. The lowest BCUT2D eigenvalue weighted by atomic mass is 10.2. The molecule has 0 atom stereocenters. The molecule has 1 aliphatic rings. The number of benzene rings is 1. The quantitative estimate of drug-likeness (QED) is 0.742. The first kappa shape index (κ1) is 10.1. The second-order valence-corrected chi connectivity index (χ2v) is 4.20. The minimum Gasteiger partial charge on any atom is -0.330 e. The van der Waals surface area contributed by atoms with Gasteiger partial charge in [0.15, 0.2) is 5.82 Å². The fourth-order valence-electron chi connectivity index (χ4n) is 2.24. The number of amides is 1. The smallest absolute Gasteiger partial charge is 0.294 e. The van der Waals surface area contributed by atoms with Gasteiger partial charge in [-0.2, -0.15) is 0 Å². The molecule has 4 heteroatoms. The van der Waals surface area contributed by atoms with Crippen LogP contribution in [0.5, 0.6) is 0 Å². The topological polar surface area (TPSA) is 38.1 Å². The Hall–Kier alpha value is -2.10. The van der Waals surface area contributed by atoms with E-state index in [0.29, 0.717) is 5.82 Å². The van der Waals surface area contributed by atoms with E-state index < -0.39 is 0 Å². The molecule has 0 spiro atoms. The number of anilines is 1. The second-order valence-electron chi connectivity index (χ2n) is 4.20. The monoisotopic (exact) mass is 227 g/mol. The highest BCUT2D eigenvalue weighted by molar-refractivity contribution is 6.05. The lowest BCUT2D eigenvalue weighted by Crippen LogP contribution is -2.31. The maximum Gasteiger partial charge on any atom is 0.294 e. The van der Waals surface area contributed by atoms with Crippen molar-refractivity contribution >= 4 is 11.6 Å². The van der Waals surface area contributed by atoms with Crippen molar-refractivity contribution in [2.24, 2.45) is 7.05 Å². The first-order valence-corrected chi connectivity index (χ1v) is 5.64. The summed E-state index contributed by atoms with van der Waals surface area (Å²) in [5, 5.41) is 0. The predicted octanol–water partition coefficient (Wildman–Crippen LogP) is 1.62. The van der Waals surface area contributed by atoms with Crippen molar-refractivity contribution in [2.75, 3.05) is 11.4 Å². The number of nitrogens with zero attached hydrogens (tertiary/aromatic N) is 3. The molecule has 0 unspecified atom stereocenters. The molecule has 17 heavy (non-hydrogen) atoms. The molecule has 1 aliphatic heterocycles. The van der Waals surface area contributed by atoms with Crippen LogP contribution in [0.25, 0.3) is 0 Å². The van der Waals surface area contributed by atoms with Crippen LogP contribution >= 0.6 is 0 Å². The molecule has 0 fully saturated rings. The van der Waals surface area contributed by atoms with Gasteiger partial charge in [-0.15, -0.1) is 0 Å². The number of hydrogen-bond donors (Lipinski definition) is 0. The molecule has 1 amide bonds. The van der Waals surface area contributed by atoms with Gasteiger partial charge in [-0.1, -0.05) is 18.2 Å². The lowest BCUT2D eigenvalue weighted by molar-refractivity contribution is 0.0976. The first-order chi connectivity index (χ1) is 8.27. The number of hydrogen-bond acceptors (Lipinski definition) is 2. The summed E-state index contributed by atoms with van der Waals surface area (Å²) in [5.74, 6) is 0.462. The summed E-state index contributed by atoms with van der Waals surface area (Å²) in [6.07, 6.45) is 4.36. The third-order valence-electron chi connectivity index (χ3n) is 3.14. The van der Waals surface area contributed by atoms with E-state index in [1.54, 1.807) is 21.9 Å². The number of carbonyl (C=O) groups excluding carboxylic acids is 1. The summed E-state index contributed by atoms with van der Waals surface area (Å²) in [6, 6.07) is 8.03. The van der Waals surface area contributed by atoms with E-state index in [2.05, 4.69) is 11.1 Å². The highest BCUT2D eigenvalue weighted by atomic mass is 16.2. The molecule has 4 nitrogen and oxygen atoms in total. The van der Waals surface area contributed by atoms with Crippen molar-refractivity contribution in [2.45, 2.75) is 6.42 Å². The van der Waals surface area contributed by atoms with Crippen molar-refractivity contribution in [3.05, 3.63) is 48.0 Å². The van der Waals surface area contributed by atoms with Crippen molar-refractivity contribution in [3.63, 3.8) is 0 Å². The highest BCUT2D eigenvalue weighted by Crippen LogP contribution is 2.28. The molecule has 2 heterocycles. The Kier molecular flexibility index (Phi) is 2.21. The SMILES string of the molecule is Cn1ccnc1C(=O)N1CCc2ccccc21. The lowest BCUT2D eigenvalue weighted by Gasteiger charge is -2.16. The van der Waals surface area contributed by atoms with Crippen LogP contribution in [0.4, 0.5) is 5.69 Å². The predicted molar refractivity (Wildman–Crippen MR) is 65.0 cm³/mol. The van der Waals surface area contributed by atoms with Crippen LogP contribution in [0.1, 0.15) is 16.2 Å². The number of para-hydroxylation sites is 1. The third-order valence-corrected chi connectivity index (χ3v) is 3.14. The largest absolute Gasteiger partial charge is 0.330 e. The van der Waals surface area contributed by atoms with Crippen LogP contribution in [0.3, 0.4) is 0 Å². The zero-order valence-electron chi connectivity index (χ0n) is 9.63. The summed E-state index contributed by atoms with van der Waals surface area (Å²) in [7, 11) is 1.84. The summed E-state index contributed by atoms with van der Waals surface area (Å²) < 4.78 is 1.75. The van der Waals surface area contributed by atoms with Gasteiger partial charge >= 0.3 is 0 Å². The highest BCUT2D eigenvalue weighted by Gasteiger charge is 2.27. The van der Waals surface area contributed by atoms with Gasteiger partial charge in [0, 0.05) is 31.7 Å². The second kappa shape index (κ2) is 3.73. The van der Waals surface area contributed by atoms with Crippen LogP contribution in [0, 0.1) is 0 Å². The zero-order valence-corrected chi connectivity index (χ0v) is 9.63. The van der Waals surface area contributed by atoms with Gasteiger partial charge in [0.2, 0.25) is 0 Å². The molecule has 0 aliphatic carbocycles. The van der Waals surface area contributed by atoms with E-state index in [1.165, 1.54) is 5.56 Å². The standard InChI is InChI=1S/C13H13N3O/c1-15-9-7-14-12(15)13(17)16-8-6-10-4-2-3-5-11(10)16/h2-5,7,9H,6,8H2,1H3.